The average molecular weight is 394 g/mol. The molecule has 1 nitrogen and oxygen atoms in total. The van der Waals surface area contributed by atoms with Crippen LogP contribution in [0.4, 0.5) is 11.4 Å². The number of anilines is 2. The number of hydrogen-bond donors (Lipinski definition) is 0. The van der Waals surface area contributed by atoms with E-state index in [1.165, 1.54) is 90.9 Å². The molecule has 0 saturated carbocycles. The lowest BCUT2D eigenvalue weighted by atomic mass is 10.1. The quantitative estimate of drug-likeness (QED) is 0.331. The number of unbranched alkanes of at least 4 members (excludes halogenated alkanes) is 9. The van der Waals surface area contributed by atoms with Gasteiger partial charge in [0.2, 0.25) is 0 Å². The number of rotatable bonds is 12. The van der Waals surface area contributed by atoms with Crippen molar-refractivity contribution in [3.05, 3.63) is 54.6 Å². The zero-order chi connectivity index (χ0) is 19.6. The summed E-state index contributed by atoms with van der Waals surface area (Å²) < 4.78 is 0. The van der Waals surface area contributed by atoms with E-state index in [0.29, 0.717) is 0 Å². The molecule has 0 aliphatic carbocycles. The third kappa shape index (κ3) is 5.67. The third-order valence-corrected chi connectivity index (χ3v) is 6.73. The van der Waals surface area contributed by atoms with Crippen molar-refractivity contribution >= 4 is 29.2 Å². The highest BCUT2D eigenvalue weighted by molar-refractivity contribution is 7.99. The summed E-state index contributed by atoms with van der Waals surface area (Å²) in [7, 11) is 0. The molecule has 0 atom stereocenters. The Morgan fingerprint density at radius 3 is 2.14 bits per heavy atom. The molecule has 0 radical (unpaired) electrons. The van der Waals surface area contributed by atoms with Crippen LogP contribution in [0.1, 0.15) is 76.7 Å². The monoisotopic (exact) mass is 393 g/mol. The highest BCUT2D eigenvalue weighted by atomic mass is 32.2. The van der Waals surface area contributed by atoms with Gasteiger partial charge in [-0.3, -0.25) is 0 Å². The van der Waals surface area contributed by atoms with E-state index in [2.05, 4.69) is 60.9 Å². The van der Waals surface area contributed by atoms with Crippen LogP contribution in [0.2, 0.25) is 0 Å². The van der Waals surface area contributed by atoms with Crippen LogP contribution in [0.3, 0.4) is 0 Å². The molecule has 0 saturated heterocycles. The lowest BCUT2D eigenvalue weighted by Gasteiger charge is -2.33. The van der Waals surface area contributed by atoms with Crippen LogP contribution in [0.5, 0.6) is 0 Å². The fraction of sp³-hybridized carbons (Fsp3) is 0.462. The largest absolute Gasteiger partial charge is 0.340 e. The number of hydrogen-bond acceptors (Lipinski definition) is 2. The van der Waals surface area contributed by atoms with E-state index >= 15 is 0 Å². The van der Waals surface area contributed by atoms with Gasteiger partial charge in [-0.2, -0.15) is 0 Å². The van der Waals surface area contributed by atoms with Crippen molar-refractivity contribution in [1.82, 2.24) is 0 Å². The molecule has 0 aromatic heterocycles. The van der Waals surface area contributed by atoms with E-state index in [0.717, 1.165) is 6.54 Å². The molecule has 0 bridgehead atoms. The summed E-state index contributed by atoms with van der Waals surface area (Å²) in [6.45, 7) is 7.32. The van der Waals surface area contributed by atoms with Crippen molar-refractivity contribution in [3.8, 4) is 0 Å². The fourth-order valence-electron chi connectivity index (χ4n) is 3.98. The summed E-state index contributed by atoms with van der Waals surface area (Å²) in [5, 5.41) is 0. The van der Waals surface area contributed by atoms with Crippen LogP contribution < -0.4 is 4.90 Å². The van der Waals surface area contributed by atoms with Crippen LogP contribution in [0.25, 0.3) is 6.08 Å². The molecule has 28 heavy (non-hydrogen) atoms. The summed E-state index contributed by atoms with van der Waals surface area (Å²) >= 11 is 1.88. The normalized spacial score (nSPS) is 12.5. The van der Waals surface area contributed by atoms with E-state index in [1.54, 1.807) is 0 Å². The molecule has 0 unspecified atom stereocenters. The minimum Gasteiger partial charge on any atom is -0.340 e. The van der Waals surface area contributed by atoms with Gasteiger partial charge in [-0.25, -0.2) is 0 Å². The Labute approximate surface area is 176 Å². The zero-order valence-electron chi connectivity index (χ0n) is 17.5. The maximum atomic E-state index is 3.93. The molecular formula is C26H35NS. The van der Waals surface area contributed by atoms with Gasteiger partial charge in [0.25, 0.3) is 0 Å². The highest BCUT2D eigenvalue weighted by Gasteiger charge is 2.22. The van der Waals surface area contributed by atoms with Crippen molar-refractivity contribution in [3.63, 3.8) is 0 Å². The van der Waals surface area contributed by atoms with Gasteiger partial charge in [0, 0.05) is 16.3 Å². The molecular weight excluding hydrogens is 358 g/mol. The first-order chi connectivity index (χ1) is 13.8. The highest BCUT2D eigenvalue weighted by Crippen LogP contribution is 2.48. The van der Waals surface area contributed by atoms with Crippen molar-refractivity contribution in [1.29, 1.82) is 0 Å². The predicted octanol–water partition coefficient (Wildman–Crippen LogP) is 8.85. The summed E-state index contributed by atoms with van der Waals surface area (Å²) in [4.78, 5) is 5.24. The molecule has 0 amide bonds. The molecule has 0 N–H and O–H groups in total. The summed E-state index contributed by atoms with van der Waals surface area (Å²) in [6, 6.07) is 15.5. The topological polar surface area (TPSA) is 3.24 Å². The fourth-order valence-corrected chi connectivity index (χ4v) is 5.12. The van der Waals surface area contributed by atoms with Crippen LogP contribution in [-0.4, -0.2) is 6.54 Å². The number of nitrogens with zero attached hydrogens (tertiary/aromatic N) is 1. The van der Waals surface area contributed by atoms with Gasteiger partial charge >= 0.3 is 0 Å². The summed E-state index contributed by atoms with van der Waals surface area (Å²) in [6.07, 6.45) is 15.8. The van der Waals surface area contributed by atoms with Gasteiger partial charge in [0.1, 0.15) is 0 Å². The SMILES string of the molecule is C=Cc1ccc2c(c1)Sc1ccccc1N2CCCCCCCCCCCC. The Hall–Kier alpha value is -1.67. The average Bonchev–Trinajstić information content (AvgIpc) is 2.73. The van der Waals surface area contributed by atoms with Gasteiger partial charge in [-0.1, -0.05) is 107 Å². The van der Waals surface area contributed by atoms with Crippen LogP contribution in [0, 0.1) is 0 Å². The minimum absolute atomic E-state index is 1.11. The molecule has 2 aromatic carbocycles. The maximum absolute atomic E-state index is 3.93. The van der Waals surface area contributed by atoms with Gasteiger partial charge in [-0.15, -0.1) is 0 Å². The van der Waals surface area contributed by atoms with Gasteiger partial charge in [0.05, 0.1) is 11.4 Å². The lowest BCUT2D eigenvalue weighted by molar-refractivity contribution is 0.557. The molecule has 0 fully saturated rings. The van der Waals surface area contributed by atoms with Crippen molar-refractivity contribution in [2.45, 2.75) is 80.9 Å². The van der Waals surface area contributed by atoms with Crippen molar-refractivity contribution in [2.75, 3.05) is 11.4 Å². The second-order valence-electron chi connectivity index (χ2n) is 7.83. The molecule has 2 aromatic rings. The first-order valence-corrected chi connectivity index (χ1v) is 12.0. The molecule has 1 heterocycles. The Bertz CT molecular complexity index is 752. The second kappa shape index (κ2) is 11.4. The van der Waals surface area contributed by atoms with Crippen molar-refractivity contribution in [2.24, 2.45) is 0 Å². The van der Waals surface area contributed by atoms with Crippen LogP contribution in [-0.2, 0) is 0 Å². The molecule has 1 aliphatic heterocycles. The summed E-state index contributed by atoms with van der Waals surface area (Å²) in [5.41, 5.74) is 3.91. The molecule has 150 valence electrons. The smallest absolute Gasteiger partial charge is 0.0553 e. The number of benzene rings is 2. The maximum Gasteiger partial charge on any atom is 0.0553 e. The first-order valence-electron chi connectivity index (χ1n) is 11.1. The third-order valence-electron chi connectivity index (χ3n) is 5.62. The predicted molar refractivity (Wildman–Crippen MR) is 126 cm³/mol. The Balaban J connectivity index is 1.51. The second-order valence-corrected chi connectivity index (χ2v) is 8.92. The zero-order valence-corrected chi connectivity index (χ0v) is 18.3. The molecule has 0 spiro atoms. The van der Waals surface area contributed by atoms with Gasteiger partial charge in [-0.05, 0) is 36.2 Å². The van der Waals surface area contributed by atoms with E-state index in [4.69, 9.17) is 0 Å². The van der Waals surface area contributed by atoms with Crippen LogP contribution in [0.15, 0.2) is 58.8 Å². The molecule has 3 rings (SSSR count). The first kappa shape index (κ1) is 21.0. The van der Waals surface area contributed by atoms with Gasteiger partial charge in [0.15, 0.2) is 0 Å². The van der Waals surface area contributed by atoms with E-state index < -0.39 is 0 Å². The standard InChI is InChI=1S/C26H35NS/c1-3-5-6-7-8-9-10-11-12-15-20-27-23-16-13-14-17-25(23)28-26-21-22(4-2)18-19-24(26)27/h4,13-14,16-19,21H,2-3,5-12,15,20H2,1H3. The number of fused-ring (bicyclic) bond motifs is 2. The molecule has 1 aliphatic rings. The van der Waals surface area contributed by atoms with E-state index in [1.807, 2.05) is 17.8 Å². The lowest BCUT2D eigenvalue weighted by Crippen LogP contribution is -2.22. The Kier molecular flexibility index (Phi) is 8.54. The van der Waals surface area contributed by atoms with Crippen molar-refractivity contribution < 1.29 is 0 Å². The minimum atomic E-state index is 1.11. The van der Waals surface area contributed by atoms with E-state index in [9.17, 15) is 0 Å². The van der Waals surface area contributed by atoms with Crippen LogP contribution >= 0.6 is 11.8 Å². The summed E-state index contributed by atoms with van der Waals surface area (Å²) in [5.74, 6) is 0. The Morgan fingerprint density at radius 2 is 1.43 bits per heavy atom. The van der Waals surface area contributed by atoms with E-state index in [-0.39, 0.29) is 0 Å². The number of para-hydroxylation sites is 1. The molecule has 2 heteroatoms. The Morgan fingerprint density at radius 1 is 0.786 bits per heavy atom. The van der Waals surface area contributed by atoms with Gasteiger partial charge < -0.3 is 4.90 Å².